The Balaban J connectivity index is 1.64. The topological polar surface area (TPSA) is 87.0 Å². The van der Waals surface area contributed by atoms with Gasteiger partial charge in [-0.2, -0.15) is 5.10 Å². The van der Waals surface area contributed by atoms with E-state index >= 15 is 0 Å². The standard InChI is InChI=1S/C25H31N7O/c1-16(2)22(26)24-28-23-20(31-10-12-33-13-11-31)15-21(27-25(23)30(24)4)32-9-8-19(29-32)18-7-5-6-17(3)14-18/h5-9,14-16,22H,10-13,26H2,1-4H3/t22-/m1/s1. The summed E-state index contributed by atoms with van der Waals surface area (Å²) >= 11 is 0. The van der Waals surface area contributed by atoms with Crippen LogP contribution in [0.25, 0.3) is 28.2 Å². The Kier molecular flexibility index (Phi) is 5.64. The van der Waals surface area contributed by atoms with Gasteiger partial charge in [0.05, 0.1) is 30.6 Å². The van der Waals surface area contributed by atoms with Gasteiger partial charge in [-0.1, -0.05) is 37.6 Å². The second-order valence-electron chi connectivity index (χ2n) is 9.09. The molecule has 5 rings (SSSR count). The molecule has 0 saturated carbocycles. The van der Waals surface area contributed by atoms with Gasteiger partial charge in [0.25, 0.3) is 0 Å². The third kappa shape index (κ3) is 4.00. The zero-order chi connectivity index (χ0) is 23.1. The van der Waals surface area contributed by atoms with Gasteiger partial charge in [-0.05, 0) is 25.0 Å². The van der Waals surface area contributed by atoms with E-state index in [-0.39, 0.29) is 12.0 Å². The van der Waals surface area contributed by atoms with Crippen molar-refractivity contribution in [1.82, 2.24) is 24.3 Å². The smallest absolute Gasteiger partial charge is 0.164 e. The summed E-state index contributed by atoms with van der Waals surface area (Å²) in [5.41, 5.74) is 12.4. The second-order valence-corrected chi connectivity index (χ2v) is 9.09. The average molecular weight is 446 g/mol. The third-order valence-electron chi connectivity index (χ3n) is 6.33. The quantitative estimate of drug-likeness (QED) is 0.505. The highest BCUT2D eigenvalue weighted by molar-refractivity contribution is 5.88. The normalized spacial score (nSPS) is 15.5. The number of nitrogens with zero attached hydrogens (tertiary/aromatic N) is 6. The number of fused-ring (bicyclic) bond motifs is 1. The van der Waals surface area contributed by atoms with Crippen molar-refractivity contribution < 1.29 is 4.74 Å². The molecule has 1 aliphatic rings. The highest BCUT2D eigenvalue weighted by atomic mass is 16.5. The van der Waals surface area contributed by atoms with Gasteiger partial charge in [-0.25, -0.2) is 14.6 Å². The Hall–Kier alpha value is -3.23. The average Bonchev–Trinajstić information content (AvgIpc) is 3.44. The van der Waals surface area contributed by atoms with Gasteiger partial charge in [-0.3, -0.25) is 0 Å². The Morgan fingerprint density at radius 3 is 2.58 bits per heavy atom. The molecule has 0 unspecified atom stereocenters. The minimum Gasteiger partial charge on any atom is -0.378 e. The van der Waals surface area contributed by atoms with Crippen LogP contribution in [0.15, 0.2) is 42.6 Å². The molecule has 8 heteroatoms. The van der Waals surface area contributed by atoms with Crippen molar-refractivity contribution in [3.8, 4) is 17.1 Å². The number of anilines is 1. The fourth-order valence-corrected chi connectivity index (χ4v) is 4.31. The second kappa shape index (κ2) is 8.61. The van der Waals surface area contributed by atoms with Crippen molar-refractivity contribution >= 4 is 16.9 Å². The van der Waals surface area contributed by atoms with E-state index in [0.717, 1.165) is 52.8 Å². The SMILES string of the molecule is Cc1cccc(-c2ccn(-c3cc(N4CCOCC4)c4nc([C@H](N)C(C)C)n(C)c4n3)n2)c1. The Bertz CT molecular complexity index is 1280. The molecule has 2 N–H and O–H groups in total. The number of aryl methyl sites for hydroxylation is 2. The molecule has 1 aromatic carbocycles. The number of nitrogens with two attached hydrogens (primary N) is 1. The number of ether oxygens (including phenoxy) is 1. The maximum Gasteiger partial charge on any atom is 0.164 e. The Labute approximate surface area is 194 Å². The molecule has 1 atom stereocenters. The molecule has 0 spiro atoms. The molecule has 1 saturated heterocycles. The fourth-order valence-electron chi connectivity index (χ4n) is 4.31. The van der Waals surface area contributed by atoms with Gasteiger partial charge in [0, 0.05) is 38.0 Å². The molecule has 8 nitrogen and oxygen atoms in total. The highest BCUT2D eigenvalue weighted by Crippen LogP contribution is 2.31. The third-order valence-corrected chi connectivity index (χ3v) is 6.33. The van der Waals surface area contributed by atoms with Crippen molar-refractivity contribution in [2.75, 3.05) is 31.2 Å². The van der Waals surface area contributed by atoms with Gasteiger partial charge >= 0.3 is 0 Å². The minimum atomic E-state index is -0.164. The first-order valence-electron chi connectivity index (χ1n) is 11.5. The maximum absolute atomic E-state index is 6.50. The molecule has 3 aromatic heterocycles. The summed E-state index contributed by atoms with van der Waals surface area (Å²) in [6.45, 7) is 9.34. The van der Waals surface area contributed by atoms with Crippen LogP contribution in [0.3, 0.4) is 0 Å². The van der Waals surface area contributed by atoms with Crippen molar-refractivity contribution in [3.63, 3.8) is 0 Å². The van der Waals surface area contributed by atoms with E-state index in [1.54, 1.807) is 0 Å². The molecule has 4 aromatic rings. The van der Waals surface area contributed by atoms with E-state index in [2.05, 4.69) is 56.0 Å². The number of morpholine rings is 1. The van der Waals surface area contributed by atoms with Crippen molar-refractivity contribution in [2.45, 2.75) is 26.8 Å². The lowest BCUT2D eigenvalue weighted by atomic mass is 10.1. The summed E-state index contributed by atoms with van der Waals surface area (Å²) in [4.78, 5) is 12.3. The van der Waals surface area contributed by atoms with Crippen LogP contribution >= 0.6 is 0 Å². The molecule has 1 fully saturated rings. The monoisotopic (exact) mass is 445 g/mol. The zero-order valence-electron chi connectivity index (χ0n) is 19.7. The van der Waals surface area contributed by atoms with Gasteiger partial charge in [0.15, 0.2) is 11.5 Å². The fraction of sp³-hybridized carbons (Fsp3) is 0.400. The van der Waals surface area contributed by atoms with E-state index in [9.17, 15) is 0 Å². The van der Waals surface area contributed by atoms with Crippen molar-refractivity contribution in [1.29, 1.82) is 0 Å². The minimum absolute atomic E-state index is 0.164. The number of hydrogen-bond donors (Lipinski definition) is 1. The van der Waals surface area contributed by atoms with E-state index in [1.165, 1.54) is 5.56 Å². The molecule has 0 amide bonds. The largest absolute Gasteiger partial charge is 0.378 e. The van der Waals surface area contributed by atoms with Gasteiger partial charge in [0.1, 0.15) is 11.3 Å². The molecule has 4 heterocycles. The number of hydrogen-bond acceptors (Lipinski definition) is 6. The van der Waals surface area contributed by atoms with Crippen molar-refractivity contribution in [3.05, 3.63) is 54.0 Å². The maximum atomic E-state index is 6.50. The summed E-state index contributed by atoms with van der Waals surface area (Å²) < 4.78 is 9.46. The molecule has 0 bridgehead atoms. The molecular formula is C25H31N7O. The lowest BCUT2D eigenvalue weighted by Crippen LogP contribution is -2.36. The first kappa shape index (κ1) is 21.6. The van der Waals surface area contributed by atoms with Crippen LogP contribution < -0.4 is 10.6 Å². The van der Waals surface area contributed by atoms with E-state index < -0.39 is 0 Å². The van der Waals surface area contributed by atoms with Crippen LogP contribution in [0.5, 0.6) is 0 Å². The van der Waals surface area contributed by atoms with E-state index in [0.29, 0.717) is 13.2 Å². The van der Waals surface area contributed by atoms with Gasteiger partial charge in [-0.15, -0.1) is 0 Å². The summed E-state index contributed by atoms with van der Waals surface area (Å²) in [6, 6.07) is 12.3. The predicted octanol–water partition coefficient (Wildman–Crippen LogP) is 3.62. The Morgan fingerprint density at radius 1 is 1.06 bits per heavy atom. The summed E-state index contributed by atoms with van der Waals surface area (Å²) in [7, 11) is 1.99. The summed E-state index contributed by atoms with van der Waals surface area (Å²) in [5.74, 6) is 1.88. The number of pyridine rings is 1. The van der Waals surface area contributed by atoms with E-state index in [1.807, 2.05) is 28.6 Å². The zero-order valence-corrected chi connectivity index (χ0v) is 19.7. The van der Waals surface area contributed by atoms with Gasteiger partial charge < -0.3 is 19.9 Å². The van der Waals surface area contributed by atoms with Crippen LogP contribution in [0.1, 0.15) is 31.3 Å². The molecule has 0 aliphatic carbocycles. The van der Waals surface area contributed by atoms with Crippen LogP contribution in [0, 0.1) is 12.8 Å². The molecular weight excluding hydrogens is 414 g/mol. The summed E-state index contributed by atoms with van der Waals surface area (Å²) in [5, 5.41) is 4.84. The highest BCUT2D eigenvalue weighted by Gasteiger charge is 2.24. The lowest BCUT2D eigenvalue weighted by molar-refractivity contribution is 0.123. The number of rotatable bonds is 5. The predicted molar refractivity (Wildman–Crippen MR) is 131 cm³/mol. The summed E-state index contributed by atoms with van der Waals surface area (Å²) in [6.07, 6.45) is 1.96. The first-order chi connectivity index (χ1) is 15.9. The van der Waals surface area contributed by atoms with E-state index in [4.69, 9.17) is 25.5 Å². The number of benzene rings is 1. The van der Waals surface area contributed by atoms with Crippen LogP contribution in [-0.4, -0.2) is 50.6 Å². The van der Waals surface area contributed by atoms with Crippen LogP contribution in [0.4, 0.5) is 5.69 Å². The van der Waals surface area contributed by atoms with Crippen molar-refractivity contribution in [2.24, 2.45) is 18.7 Å². The first-order valence-corrected chi connectivity index (χ1v) is 11.5. The number of aromatic nitrogens is 5. The molecule has 33 heavy (non-hydrogen) atoms. The number of imidazole rings is 1. The molecule has 172 valence electrons. The molecule has 1 aliphatic heterocycles. The van der Waals surface area contributed by atoms with Crippen LogP contribution in [0.2, 0.25) is 0 Å². The Morgan fingerprint density at radius 2 is 1.85 bits per heavy atom. The van der Waals surface area contributed by atoms with Gasteiger partial charge in [0.2, 0.25) is 0 Å². The molecule has 0 radical (unpaired) electrons. The lowest BCUT2D eigenvalue weighted by Gasteiger charge is -2.29. The van der Waals surface area contributed by atoms with Crippen LogP contribution in [-0.2, 0) is 11.8 Å².